The molecule has 0 aliphatic carbocycles. The monoisotopic (exact) mass is 220 g/mol. The number of nitrogens with one attached hydrogen (secondary N) is 1. The lowest BCUT2D eigenvalue weighted by Gasteiger charge is -2.16. The smallest absolute Gasteiger partial charge is 0.218 e. The molecule has 16 heavy (non-hydrogen) atoms. The molecule has 88 valence electrons. The maximum atomic E-state index is 10.9. The number of benzene rings is 1. The van der Waals surface area contributed by atoms with Gasteiger partial charge in [0.1, 0.15) is 0 Å². The molecule has 0 radical (unpaired) electrons. The van der Waals surface area contributed by atoms with Crippen molar-refractivity contribution < 1.29 is 4.79 Å². The van der Waals surface area contributed by atoms with Crippen LogP contribution in [0.1, 0.15) is 25.3 Å². The summed E-state index contributed by atoms with van der Waals surface area (Å²) in [6.45, 7) is 3.03. The van der Waals surface area contributed by atoms with Crippen LogP contribution in [0.5, 0.6) is 0 Å². The fourth-order valence-electron chi connectivity index (χ4n) is 1.71. The van der Waals surface area contributed by atoms with Crippen molar-refractivity contribution >= 4 is 5.91 Å². The number of hydrogen-bond acceptors (Lipinski definition) is 2. The highest BCUT2D eigenvalue weighted by Gasteiger charge is 2.11. The van der Waals surface area contributed by atoms with Crippen molar-refractivity contribution in [3.8, 4) is 0 Å². The van der Waals surface area contributed by atoms with Crippen LogP contribution >= 0.6 is 0 Å². The molecule has 3 heteroatoms. The van der Waals surface area contributed by atoms with Gasteiger partial charge in [0.05, 0.1) is 0 Å². The molecule has 3 nitrogen and oxygen atoms in total. The molecule has 1 rings (SSSR count). The number of carbonyl (C=O) groups excluding carboxylic acids is 1. The first kappa shape index (κ1) is 12.7. The first-order chi connectivity index (χ1) is 7.72. The Kier molecular flexibility index (Phi) is 5.57. The predicted molar refractivity (Wildman–Crippen MR) is 66.0 cm³/mol. The Hall–Kier alpha value is -1.35. The van der Waals surface area contributed by atoms with Crippen LogP contribution in [0.15, 0.2) is 30.3 Å². The van der Waals surface area contributed by atoms with E-state index in [1.807, 2.05) is 18.2 Å². The molecule has 3 N–H and O–H groups in total. The zero-order chi connectivity index (χ0) is 11.8. The SMILES string of the molecule is CCCN[C@H](CC(N)=O)Cc1ccccc1. The molecule has 1 aromatic rings. The van der Waals surface area contributed by atoms with Crippen molar-refractivity contribution in [1.29, 1.82) is 0 Å². The summed E-state index contributed by atoms with van der Waals surface area (Å²) in [4.78, 5) is 10.9. The minimum Gasteiger partial charge on any atom is -0.370 e. The molecular formula is C13H20N2O. The van der Waals surface area contributed by atoms with E-state index >= 15 is 0 Å². The van der Waals surface area contributed by atoms with Crippen molar-refractivity contribution in [2.24, 2.45) is 5.73 Å². The summed E-state index contributed by atoms with van der Waals surface area (Å²) in [5.41, 5.74) is 6.47. The Morgan fingerprint density at radius 2 is 2.06 bits per heavy atom. The number of primary amides is 1. The standard InChI is InChI=1S/C13H20N2O/c1-2-8-15-12(10-13(14)16)9-11-6-4-3-5-7-11/h3-7,12,15H,2,8-10H2,1H3,(H2,14,16)/t12-/m0/s1. The van der Waals surface area contributed by atoms with Gasteiger partial charge in [-0.25, -0.2) is 0 Å². The summed E-state index contributed by atoms with van der Waals surface area (Å²) in [6.07, 6.45) is 2.31. The topological polar surface area (TPSA) is 55.1 Å². The van der Waals surface area contributed by atoms with Crippen LogP contribution in [0.3, 0.4) is 0 Å². The maximum absolute atomic E-state index is 10.9. The Morgan fingerprint density at radius 1 is 1.38 bits per heavy atom. The van der Waals surface area contributed by atoms with Gasteiger partial charge in [0.25, 0.3) is 0 Å². The molecular weight excluding hydrogens is 200 g/mol. The van der Waals surface area contributed by atoms with Crippen molar-refractivity contribution in [1.82, 2.24) is 5.32 Å². The molecule has 0 aromatic heterocycles. The van der Waals surface area contributed by atoms with Crippen molar-refractivity contribution in [2.45, 2.75) is 32.2 Å². The second-order valence-corrected chi connectivity index (χ2v) is 4.01. The lowest BCUT2D eigenvalue weighted by molar-refractivity contribution is -0.118. The van der Waals surface area contributed by atoms with Gasteiger partial charge in [0.2, 0.25) is 5.91 Å². The van der Waals surface area contributed by atoms with Crippen LogP contribution in [0.25, 0.3) is 0 Å². The van der Waals surface area contributed by atoms with Crippen LogP contribution < -0.4 is 11.1 Å². The third-order valence-corrected chi connectivity index (χ3v) is 2.46. The Labute approximate surface area is 97.0 Å². The van der Waals surface area contributed by atoms with Crippen LogP contribution in [-0.4, -0.2) is 18.5 Å². The first-order valence-corrected chi connectivity index (χ1v) is 5.78. The molecule has 0 saturated carbocycles. The molecule has 0 heterocycles. The first-order valence-electron chi connectivity index (χ1n) is 5.78. The molecule has 0 saturated heterocycles. The van der Waals surface area contributed by atoms with E-state index in [4.69, 9.17) is 5.73 Å². The molecule has 1 aromatic carbocycles. The Morgan fingerprint density at radius 3 is 2.62 bits per heavy atom. The highest BCUT2D eigenvalue weighted by Crippen LogP contribution is 2.05. The van der Waals surface area contributed by atoms with Crippen LogP contribution in [0, 0.1) is 0 Å². The number of rotatable bonds is 7. The zero-order valence-corrected chi connectivity index (χ0v) is 9.78. The number of nitrogens with two attached hydrogens (primary N) is 1. The highest BCUT2D eigenvalue weighted by atomic mass is 16.1. The second-order valence-electron chi connectivity index (χ2n) is 4.01. The maximum Gasteiger partial charge on any atom is 0.218 e. The molecule has 1 atom stereocenters. The predicted octanol–water partition coefficient (Wildman–Crippen LogP) is 1.47. The average Bonchev–Trinajstić information content (AvgIpc) is 2.26. The van der Waals surface area contributed by atoms with Gasteiger partial charge in [-0.15, -0.1) is 0 Å². The number of carbonyl (C=O) groups is 1. The van der Waals surface area contributed by atoms with Gasteiger partial charge >= 0.3 is 0 Å². The van der Waals surface area contributed by atoms with E-state index in [-0.39, 0.29) is 11.9 Å². The Bertz CT molecular complexity index is 311. The Balaban J connectivity index is 2.52. The van der Waals surface area contributed by atoms with E-state index in [0.717, 1.165) is 19.4 Å². The van der Waals surface area contributed by atoms with E-state index in [9.17, 15) is 4.79 Å². The zero-order valence-electron chi connectivity index (χ0n) is 9.78. The lowest BCUT2D eigenvalue weighted by atomic mass is 10.0. The van der Waals surface area contributed by atoms with E-state index in [1.165, 1.54) is 5.56 Å². The fraction of sp³-hybridized carbons (Fsp3) is 0.462. The summed E-state index contributed by atoms with van der Waals surface area (Å²) >= 11 is 0. The van der Waals surface area contributed by atoms with Crippen molar-refractivity contribution in [2.75, 3.05) is 6.54 Å². The minimum absolute atomic E-state index is 0.153. The van der Waals surface area contributed by atoms with Gasteiger partial charge in [-0.1, -0.05) is 37.3 Å². The van der Waals surface area contributed by atoms with Gasteiger partial charge in [-0.05, 0) is 24.9 Å². The highest BCUT2D eigenvalue weighted by molar-refractivity contribution is 5.74. The third kappa shape index (κ3) is 4.94. The summed E-state index contributed by atoms with van der Waals surface area (Å²) in [5, 5.41) is 3.35. The van der Waals surface area contributed by atoms with Crippen LogP contribution in [0.2, 0.25) is 0 Å². The molecule has 0 aliphatic heterocycles. The van der Waals surface area contributed by atoms with E-state index < -0.39 is 0 Å². The normalized spacial score (nSPS) is 12.3. The average molecular weight is 220 g/mol. The van der Waals surface area contributed by atoms with Gasteiger partial charge in [-0.2, -0.15) is 0 Å². The van der Waals surface area contributed by atoms with E-state index in [2.05, 4.69) is 24.4 Å². The minimum atomic E-state index is -0.246. The van der Waals surface area contributed by atoms with Crippen LogP contribution in [0.4, 0.5) is 0 Å². The largest absolute Gasteiger partial charge is 0.370 e. The molecule has 0 aliphatic rings. The molecule has 0 spiro atoms. The molecule has 0 bridgehead atoms. The van der Waals surface area contributed by atoms with Gasteiger partial charge in [-0.3, -0.25) is 4.79 Å². The fourth-order valence-corrected chi connectivity index (χ4v) is 1.71. The third-order valence-electron chi connectivity index (χ3n) is 2.46. The van der Waals surface area contributed by atoms with Crippen molar-refractivity contribution in [3.63, 3.8) is 0 Å². The number of amides is 1. The van der Waals surface area contributed by atoms with E-state index in [1.54, 1.807) is 0 Å². The van der Waals surface area contributed by atoms with Gasteiger partial charge in [0.15, 0.2) is 0 Å². The second kappa shape index (κ2) is 7.01. The summed E-state index contributed by atoms with van der Waals surface area (Å²) in [6, 6.07) is 10.3. The number of hydrogen-bond donors (Lipinski definition) is 2. The quantitative estimate of drug-likeness (QED) is 0.731. The van der Waals surface area contributed by atoms with Crippen LogP contribution in [-0.2, 0) is 11.2 Å². The molecule has 0 fully saturated rings. The molecule has 1 amide bonds. The van der Waals surface area contributed by atoms with Crippen molar-refractivity contribution in [3.05, 3.63) is 35.9 Å². The summed E-state index contributed by atoms with van der Waals surface area (Å²) in [5.74, 6) is -0.246. The van der Waals surface area contributed by atoms with E-state index in [0.29, 0.717) is 6.42 Å². The van der Waals surface area contributed by atoms with Gasteiger partial charge in [0, 0.05) is 12.5 Å². The summed E-state index contributed by atoms with van der Waals surface area (Å²) < 4.78 is 0. The summed E-state index contributed by atoms with van der Waals surface area (Å²) in [7, 11) is 0. The molecule has 0 unspecified atom stereocenters. The van der Waals surface area contributed by atoms with Gasteiger partial charge < -0.3 is 11.1 Å². The lowest BCUT2D eigenvalue weighted by Crippen LogP contribution is -2.35.